The minimum atomic E-state index is -0.0278. The van der Waals surface area contributed by atoms with Crippen LogP contribution >= 0.6 is 11.3 Å². The summed E-state index contributed by atoms with van der Waals surface area (Å²) in [6, 6.07) is 8.49. The van der Waals surface area contributed by atoms with Gasteiger partial charge in [0.2, 0.25) is 5.91 Å². The summed E-state index contributed by atoms with van der Waals surface area (Å²) < 4.78 is 10.3. The van der Waals surface area contributed by atoms with Crippen LogP contribution in [0.3, 0.4) is 0 Å². The zero-order valence-electron chi connectivity index (χ0n) is 15.1. The number of benzene rings is 1. The first kappa shape index (κ1) is 19.0. The molecule has 1 aromatic heterocycles. The number of nitrogens with zero attached hydrogens (tertiary/aromatic N) is 2. The Balaban J connectivity index is 1.59. The van der Waals surface area contributed by atoms with Gasteiger partial charge in [-0.15, -0.1) is 11.3 Å². The predicted octanol–water partition coefficient (Wildman–Crippen LogP) is 1.95. The number of carbonyl (C=O) groups is 1. The Kier molecular flexibility index (Phi) is 7.13. The van der Waals surface area contributed by atoms with Crippen molar-refractivity contribution >= 4 is 17.2 Å². The number of thiazole rings is 1. The second-order valence-corrected chi connectivity index (χ2v) is 7.11. The molecular formula is C19H25N3O3S. The average Bonchev–Trinajstić information content (AvgIpc) is 3.11. The minimum Gasteiger partial charge on any atom is -0.383 e. The van der Waals surface area contributed by atoms with Crippen LogP contribution in [0.1, 0.15) is 11.3 Å². The third kappa shape index (κ3) is 5.60. The lowest BCUT2D eigenvalue weighted by Crippen LogP contribution is -2.35. The summed E-state index contributed by atoms with van der Waals surface area (Å²) in [5.41, 5.74) is 3.18. The summed E-state index contributed by atoms with van der Waals surface area (Å²) in [6.45, 7) is 5.54. The van der Waals surface area contributed by atoms with E-state index in [-0.39, 0.29) is 5.91 Å². The number of hydrogen-bond donors (Lipinski definition) is 1. The van der Waals surface area contributed by atoms with Gasteiger partial charge in [0.05, 0.1) is 31.9 Å². The molecule has 1 saturated heterocycles. The molecule has 0 spiro atoms. The van der Waals surface area contributed by atoms with Crippen LogP contribution in [0, 0.1) is 0 Å². The van der Waals surface area contributed by atoms with Gasteiger partial charge >= 0.3 is 0 Å². The van der Waals surface area contributed by atoms with Crippen LogP contribution < -0.4 is 5.32 Å². The van der Waals surface area contributed by atoms with E-state index >= 15 is 0 Å². The second kappa shape index (κ2) is 9.78. The molecule has 0 unspecified atom stereocenters. The number of ether oxygens (including phenoxy) is 2. The number of amides is 1. The molecular weight excluding hydrogens is 350 g/mol. The highest BCUT2D eigenvalue weighted by molar-refractivity contribution is 7.13. The van der Waals surface area contributed by atoms with Crippen LogP contribution in [0.2, 0.25) is 0 Å². The van der Waals surface area contributed by atoms with Crippen molar-refractivity contribution < 1.29 is 14.3 Å². The Morgan fingerprint density at radius 1 is 1.38 bits per heavy atom. The Hall–Kier alpha value is -1.80. The largest absolute Gasteiger partial charge is 0.383 e. The fraction of sp³-hybridized carbons (Fsp3) is 0.474. The van der Waals surface area contributed by atoms with Gasteiger partial charge < -0.3 is 14.8 Å². The first-order valence-electron chi connectivity index (χ1n) is 8.84. The van der Waals surface area contributed by atoms with Crippen LogP contribution in [-0.4, -0.2) is 62.4 Å². The molecule has 140 valence electrons. The molecule has 1 aliphatic heterocycles. The summed E-state index contributed by atoms with van der Waals surface area (Å²) in [5, 5.41) is 5.73. The van der Waals surface area contributed by atoms with Gasteiger partial charge in [-0.05, 0) is 11.6 Å². The Bertz CT molecular complexity index is 714. The highest BCUT2D eigenvalue weighted by atomic mass is 32.1. The maximum absolute atomic E-state index is 11.9. The van der Waals surface area contributed by atoms with Gasteiger partial charge in [-0.25, -0.2) is 4.98 Å². The standard InChI is InChI=1S/C19H25N3O3S/c1-24-8-5-20-18(23)12-17-14-26-19(21-17)16-4-2-3-15(11-16)13-22-6-9-25-10-7-22/h2-4,11,14H,5-10,12-13H2,1H3,(H,20,23). The van der Waals surface area contributed by atoms with Gasteiger partial charge in [0, 0.05) is 44.2 Å². The van der Waals surface area contributed by atoms with Crippen molar-refractivity contribution in [2.45, 2.75) is 13.0 Å². The molecule has 0 radical (unpaired) electrons. The van der Waals surface area contributed by atoms with E-state index in [9.17, 15) is 4.79 Å². The van der Waals surface area contributed by atoms with Crippen LogP contribution in [-0.2, 0) is 27.2 Å². The smallest absolute Gasteiger partial charge is 0.226 e. The normalized spacial score (nSPS) is 15.1. The Labute approximate surface area is 158 Å². The molecule has 1 N–H and O–H groups in total. The third-order valence-corrected chi connectivity index (χ3v) is 5.15. The van der Waals surface area contributed by atoms with Gasteiger partial charge in [0.25, 0.3) is 0 Å². The van der Waals surface area contributed by atoms with Gasteiger partial charge in [0.1, 0.15) is 5.01 Å². The Morgan fingerprint density at radius 3 is 3.04 bits per heavy atom. The first-order valence-corrected chi connectivity index (χ1v) is 9.72. The van der Waals surface area contributed by atoms with Gasteiger partial charge in [-0.3, -0.25) is 9.69 Å². The summed E-state index contributed by atoms with van der Waals surface area (Å²) in [4.78, 5) is 18.9. The van der Waals surface area contributed by atoms with E-state index in [0.29, 0.717) is 19.6 Å². The SMILES string of the molecule is COCCNC(=O)Cc1csc(-c2cccc(CN3CCOCC3)c2)n1. The molecule has 0 saturated carbocycles. The highest BCUT2D eigenvalue weighted by Gasteiger charge is 2.12. The van der Waals surface area contributed by atoms with Crippen molar-refractivity contribution in [2.75, 3.05) is 46.6 Å². The van der Waals surface area contributed by atoms with Crippen molar-refractivity contribution in [3.05, 3.63) is 40.9 Å². The summed E-state index contributed by atoms with van der Waals surface area (Å²) in [6.07, 6.45) is 0.299. The number of carbonyl (C=O) groups excluding carboxylic acids is 1. The molecule has 1 aliphatic rings. The van der Waals surface area contributed by atoms with Crippen LogP contribution in [0.4, 0.5) is 0 Å². The van der Waals surface area contributed by atoms with E-state index in [4.69, 9.17) is 9.47 Å². The number of aromatic nitrogens is 1. The molecule has 3 rings (SSSR count). The third-order valence-electron chi connectivity index (χ3n) is 4.21. The number of hydrogen-bond acceptors (Lipinski definition) is 6. The molecule has 1 aromatic carbocycles. The molecule has 0 aliphatic carbocycles. The molecule has 0 atom stereocenters. The van der Waals surface area contributed by atoms with Crippen molar-refractivity contribution in [3.63, 3.8) is 0 Å². The number of morpholine rings is 1. The monoisotopic (exact) mass is 375 g/mol. The summed E-state index contributed by atoms with van der Waals surface area (Å²) in [7, 11) is 1.62. The quantitative estimate of drug-likeness (QED) is 0.715. The van der Waals surface area contributed by atoms with Crippen molar-refractivity contribution in [1.29, 1.82) is 0 Å². The second-order valence-electron chi connectivity index (χ2n) is 6.25. The minimum absolute atomic E-state index is 0.0278. The maximum atomic E-state index is 11.9. The highest BCUT2D eigenvalue weighted by Crippen LogP contribution is 2.25. The summed E-state index contributed by atoms with van der Waals surface area (Å²) in [5.74, 6) is -0.0278. The van der Waals surface area contributed by atoms with E-state index in [2.05, 4.69) is 39.5 Å². The molecule has 2 aromatic rings. The maximum Gasteiger partial charge on any atom is 0.226 e. The van der Waals surface area contributed by atoms with E-state index in [1.165, 1.54) is 5.56 Å². The molecule has 1 fully saturated rings. The fourth-order valence-electron chi connectivity index (χ4n) is 2.86. The van der Waals surface area contributed by atoms with Crippen LogP contribution in [0.15, 0.2) is 29.6 Å². The molecule has 26 heavy (non-hydrogen) atoms. The number of methoxy groups -OCH3 is 1. The number of rotatable bonds is 8. The van der Waals surface area contributed by atoms with Crippen molar-refractivity contribution in [2.24, 2.45) is 0 Å². The molecule has 6 nitrogen and oxygen atoms in total. The fourth-order valence-corrected chi connectivity index (χ4v) is 3.68. The average molecular weight is 375 g/mol. The lowest BCUT2D eigenvalue weighted by Gasteiger charge is -2.26. The van der Waals surface area contributed by atoms with Crippen molar-refractivity contribution in [1.82, 2.24) is 15.2 Å². The van der Waals surface area contributed by atoms with E-state index in [0.717, 1.165) is 49.1 Å². The van der Waals surface area contributed by atoms with E-state index < -0.39 is 0 Å². The first-order chi connectivity index (χ1) is 12.7. The molecule has 1 amide bonds. The lowest BCUT2D eigenvalue weighted by molar-refractivity contribution is -0.120. The van der Waals surface area contributed by atoms with Crippen LogP contribution in [0.25, 0.3) is 10.6 Å². The van der Waals surface area contributed by atoms with Gasteiger partial charge in [0.15, 0.2) is 0 Å². The van der Waals surface area contributed by atoms with Crippen molar-refractivity contribution in [3.8, 4) is 10.6 Å². The predicted molar refractivity (Wildman–Crippen MR) is 102 cm³/mol. The molecule has 2 heterocycles. The Morgan fingerprint density at radius 2 is 2.23 bits per heavy atom. The molecule has 7 heteroatoms. The summed E-state index contributed by atoms with van der Waals surface area (Å²) >= 11 is 1.58. The van der Waals surface area contributed by atoms with E-state index in [1.54, 1.807) is 18.4 Å². The zero-order valence-corrected chi connectivity index (χ0v) is 15.9. The van der Waals surface area contributed by atoms with E-state index in [1.807, 2.05) is 5.38 Å². The lowest BCUT2D eigenvalue weighted by atomic mass is 10.1. The zero-order chi connectivity index (χ0) is 18.2. The van der Waals surface area contributed by atoms with Crippen LogP contribution in [0.5, 0.6) is 0 Å². The van der Waals surface area contributed by atoms with Gasteiger partial charge in [-0.1, -0.05) is 18.2 Å². The number of nitrogens with one attached hydrogen (secondary N) is 1. The van der Waals surface area contributed by atoms with Gasteiger partial charge in [-0.2, -0.15) is 0 Å². The topological polar surface area (TPSA) is 63.7 Å². The molecule has 0 bridgehead atoms.